The molecule has 2 aromatic carbocycles. The van der Waals surface area contributed by atoms with E-state index >= 15 is 0 Å². The van der Waals surface area contributed by atoms with Crippen LogP contribution in [0.25, 0.3) is 11.0 Å². The number of carbonyl (C=O) groups excluding carboxylic acids is 3. The van der Waals surface area contributed by atoms with Crippen LogP contribution in [-0.2, 0) is 16.6 Å². The third-order valence-corrected chi connectivity index (χ3v) is 5.28. The van der Waals surface area contributed by atoms with E-state index in [1.54, 1.807) is 24.3 Å². The summed E-state index contributed by atoms with van der Waals surface area (Å²) in [7, 11) is 1.91. The van der Waals surface area contributed by atoms with E-state index in [9.17, 15) is 14.4 Å². The number of para-hydroxylation sites is 3. The van der Waals surface area contributed by atoms with Gasteiger partial charge in [-0.1, -0.05) is 30.3 Å². The third kappa shape index (κ3) is 3.63. The minimum absolute atomic E-state index is 0.119. The molecule has 4 amide bonds. The van der Waals surface area contributed by atoms with Gasteiger partial charge in [0.15, 0.2) is 0 Å². The van der Waals surface area contributed by atoms with Crippen molar-refractivity contribution in [1.29, 1.82) is 0 Å². The van der Waals surface area contributed by atoms with E-state index in [1.165, 1.54) is 0 Å². The lowest BCUT2D eigenvalue weighted by Gasteiger charge is -2.15. The number of benzene rings is 2. The average molecular weight is 405 g/mol. The number of carbonyl (C=O) groups is 3. The summed E-state index contributed by atoms with van der Waals surface area (Å²) in [4.78, 5) is 43.0. The molecular weight excluding hydrogens is 382 g/mol. The normalized spacial score (nSPS) is 17.3. The van der Waals surface area contributed by atoms with Crippen molar-refractivity contribution in [2.24, 2.45) is 7.05 Å². The van der Waals surface area contributed by atoms with Crippen molar-refractivity contribution < 1.29 is 14.4 Å². The van der Waals surface area contributed by atoms with Gasteiger partial charge in [-0.05, 0) is 37.6 Å². The number of aryl methyl sites for hydroxylation is 1. The highest BCUT2D eigenvalue weighted by molar-refractivity contribution is 6.21. The van der Waals surface area contributed by atoms with Crippen LogP contribution in [0.2, 0.25) is 0 Å². The first kappa shape index (κ1) is 19.6. The highest BCUT2D eigenvalue weighted by atomic mass is 16.2. The largest absolute Gasteiger partial charge is 0.346 e. The van der Waals surface area contributed by atoms with Crippen LogP contribution < -0.4 is 15.5 Å². The lowest BCUT2D eigenvalue weighted by atomic mass is 10.1. The number of nitrogens with one attached hydrogen (secondary N) is 2. The molecule has 8 heteroatoms. The van der Waals surface area contributed by atoms with E-state index in [4.69, 9.17) is 0 Å². The molecule has 154 valence electrons. The van der Waals surface area contributed by atoms with Crippen LogP contribution in [0.1, 0.15) is 31.6 Å². The second-order valence-electron chi connectivity index (χ2n) is 7.36. The monoisotopic (exact) mass is 405 g/mol. The second-order valence-corrected chi connectivity index (χ2v) is 7.36. The molecule has 2 heterocycles. The molecule has 0 unspecified atom stereocenters. The number of hydrogen-bond donors (Lipinski definition) is 2. The number of imidazole rings is 1. The molecule has 0 aliphatic carbocycles. The summed E-state index contributed by atoms with van der Waals surface area (Å²) < 4.78 is 1.96. The Morgan fingerprint density at radius 1 is 1.13 bits per heavy atom. The molecule has 0 radical (unpaired) electrons. The number of aromatic nitrogens is 2. The van der Waals surface area contributed by atoms with E-state index < -0.39 is 12.1 Å². The third-order valence-electron chi connectivity index (χ3n) is 5.28. The molecule has 4 rings (SSSR count). The molecule has 2 atom stereocenters. The van der Waals surface area contributed by atoms with Crippen LogP contribution in [0.4, 0.5) is 10.5 Å². The Morgan fingerprint density at radius 2 is 1.83 bits per heavy atom. The van der Waals surface area contributed by atoms with E-state index in [-0.39, 0.29) is 30.7 Å². The summed E-state index contributed by atoms with van der Waals surface area (Å²) in [5.74, 6) is 0.210. The zero-order chi connectivity index (χ0) is 21.3. The van der Waals surface area contributed by atoms with Gasteiger partial charge in [-0.2, -0.15) is 0 Å². The minimum atomic E-state index is -0.713. The van der Waals surface area contributed by atoms with Gasteiger partial charge in [0.1, 0.15) is 11.9 Å². The molecule has 8 nitrogen and oxygen atoms in total. The Kier molecular flexibility index (Phi) is 5.22. The van der Waals surface area contributed by atoms with Gasteiger partial charge in [0.25, 0.3) is 5.91 Å². The topological polar surface area (TPSA) is 96.3 Å². The first-order valence-corrected chi connectivity index (χ1v) is 9.86. The van der Waals surface area contributed by atoms with Crippen molar-refractivity contribution in [3.05, 3.63) is 60.4 Å². The Morgan fingerprint density at radius 3 is 2.57 bits per heavy atom. The molecule has 1 aliphatic rings. The molecule has 0 saturated carbocycles. The van der Waals surface area contributed by atoms with Gasteiger partial charge in [-0.3, -0.25) is 9.59 Å². The molecule has 0 bridgehead atoms. The van der Waals surface area contributed by atoms with Crippen molar-refractivity contribution in [3.63, 3.8) is 0 Å². The summed E-state index contributed by atoms with van der Waals surface area (Å²) in [6.07, 6.45) is 0.350. The van der Waals surface area contributed by atoms with Crippen LogP contribution in [0.5, 0.6) is 0 Å². The number of imide groups is 1. The molecular formula is C22H23N5O3. The minimum Gasteiger partial charge on any atom is -0.346 e. The van der Waals surface area contributed by atoms with Crippen molar-refractivity contribution in [1.82, 2.24) is 20.2 Å². The Labute approximate surface area is 173 Å². The van der Waals surface area contributed by atoms with E-state index in [0.717, 1.165) is 21.8 Å². The molecule has 30 heavy (non-hydrogen) atoms. The molecule has 3 aromatic rings. The van der Waals surface area contributed by atoms with Crippen LogP contribution in [0.3, 0.4) is 0 Å². The van der Waals surface area contributed by atoms with E-state index in [1.807, 2.05) is 48.9 Å². The lowest BCUT2D eigenvalue weighted by molar-refractivity contribution is -0.122. The predicted molar refractivity (Wildman–Crippen MR) is 113 cm³/mol. The average Bonchev–Trinajstić information content (AvgIpc) is 3.23. The lowest BCUT2D eigenvalue weighted by Crippen LogP contribution is -2.33. The number of nitrogens with zero attached hydrogens (tertiary/aromatic N) is 3. The van der Waals surface area contributed by atoms with Gasteiger partial charge in [0, 0.05) is 13.5 Å². The van der Waals surface area contributed by atoms with Gasteiger partial charge < -0.3 is 15.2 Å². The molecule has 2 N–H and O–H groups in total. The first-order chi connectivity index (χ1) is 14.5. The number of hydrogen-bond acceptors (Lipinski definition) is 4. The Bertz CT molecular complexity index is 1110. The number of amides is 4. The predicted octanol–water partition coefficient (Wildman–Crippen LogP) is 2.66. The Hall–Kier alpha value is -3.68. The van der Waals surface area contributed by atoms with Gasteiger partial charge >= 0.3 is 6.03 Å². The molecule has 1 aliphatic heterocycles. The summed E-state index contributed by atoms with van der Waals surface area (Å²) in [6.45, 7) is 1.87. The summed E-state index contributed by atoms with van der Waals surface area (Å²) in [5, 5.41) is 5.59. The fourth-order valence-corrected chi connectivity index (χ4v) is 3.75. The first-order valence-electron chi connectivity index (χ1n) is 9.86. The maximum Gasteiger partial charge on any atom is 0.329 e. The number of rotatable bonds is 6. The fraction of sp³-hybridized carbons (Fsp3) is 0.273. The van der Waals surface area contributed by atoms with Crippen LogP contribution in [-0.4, -0.2) is 33.4 Å². The van der Waals surface area contributed by atoms with Crippen molar-refractivity contribution in [2.45, 2.75) is 31.8 Å². The zero-order valence-corrected chi connectivity index (χ0v) is 16.8. The van der Waals surface area contributed by atoms with E-state index in [2.05, 4.69) is 15.6 Å². The maximum absolute atomic E-state index is 12.6. The number of urea groups is 1. The smallest absolute Gasteiger partial charge is 0.329 e. The van der Waals surface area contributed by atoms with E-state index in [0.29, 0.717) is 5.69 Å². The Balaban J connectivity index is 1.36. The van der Waals surface area contributed by atoms with Crippen molar-refractivity contribution >= 4 is 34.6 Å². The summed E-state index contributed by atoms with van der Waals surface area (Å²) in [5.41, 5.74) is 2.38. The number of anilines is 1. The maximum atomic E-state index is 12.6. The quantitative estimate of drug-likeness (QED) is 0.616. The zero-order valence-electron chi connectivity index (χ0n) is 16.8. The van der Waals surface area contributed by atoms with Crippen LogP contribution in [0.15, 0.2) is 54.6 Å². The molecule has 1 saturated heterocycles. The van der Waals surface area contributed by atoms with Crippen LogP contribution in [0, 0.1) is 0 Å². The van der Waals surface area contributed by atoms with Gasteiger partial charge in [0.05, 0.1) is 22.8 Å². The SMILES string of the molecule is C[C@@H](NC(=O)CC[C@H]1NC(=O)N(c2ccccc2)C1=O)c1nc2ccccc2n1C. The highest BCUT2D eigenvalue weighted by Crippen LogP contribution is 2.22. The van der Waals surface area contributed by atoms with Gasteiger partial charge in [-0.25, -0.2) is 14.7 Å². The molecule has 1 fully saturated rings. The standard InChI is InChI=1S/C22H23N5O3/c1-14(20-24-16-10-6-7-11-18(16)26(20)2)23-19(28)13-12-17-21(29)27(22(30)25-17)15-8-4-3-5-9-15/h3-11,14,17H,12-13H2,1-2H3,(H,23,28)(H,25,30)/t14-,17-/m1/s1. The second kappa shape index (κ2) is 7.98. The molecule has 0 spiro atoms. The van der Waals surface area contributed by atoms with Gasteiger partial charge in [-0.15, -0.1) is 0 Å². The van der Waals surface area contributed by atoms with Gasteiger partial charge in [0.2, 0.25) is 5.91 Å². The van der Waals surface area contributed by atoms with Crippen molar-refractivity contribution in [3.8, 4) is 0 Å². The summed E-state index contributed by atoms with van der Waals surface area (Å²) >= 11 is 0. The summed E-state index contributed by atoms with van der Waals surface area (Å²) in [6, 6.07) is 15.1. The van der Waals surface area contributed by atoms with Crippen molar-refractivity contribution in [2.75, 3.05) is 4.90 Å². The fourth-order valence-electron chi connectivity index (χ4n) is 3.75. The van der Waals surface area contributed by atoms with Crippen LogP contribution >= 0.6 is 0 Å². The number of fused-ring (bicyclic) bond motifs is 1. The highest BCUT2D eigenvalue weighted by Gasteiger charge is 2.38. The molecule has 1 aromatic heterocycles.